The van der Waals surface area contributed by atoms with Crippen LogP contribution < -0.4 is 10.1 Å². The molecule has 1 amide bonds. The number of nitrogens with one attached hydrogen (secondary N) is 1. The fourth-order valence-electron chi connectivity index (χ4n) is 3.07. The largest absolute Gasteiger partial charge is 0.497 e. The SMILES string of the molecule is COc1ccc(-n2c(C)nnc2SCC(=O)NCc2ccc(-c3ccc(Cl)cc3)o2)cc1. The van der Waals surface area contributed by atoms with Crippen LogP contribution in [0.25, 0.3) is 17.0 Å². The molecule has 0 aliphatic rings. The molecule has 2 aromatic heterocycles. The van der Waals surface area contributed by atoms with E-state index in [1.165, 1.54) is 11.8 Å². The minimum absolute atomic E-state index is 0.124. The Hall–Kier alpha value is -3.23. The normalized spacial score (nSPS) is 10.8. The van der Waals surface area contributed by atoms with E-state index in [1.54, 1.807) is 7.11 Å². The summed E-state index contributed by atoms with van der Waals surface area (Å²) in [6.45, 7) is 2.17. The molecule has 7 nitrogen and oxygen atoms in total. The summed E-state index contributed by atoms with van der Waals surface area (Å²) >= 11 is 7.25. The van der Waals surface area contributed by atoms with Gasteiger partial charge in [-0.2, -0.15) is 0 Å². The predicted molar refractivity (Wildman–Crippen MR) is 124 cm³/mol. The number of rotatable bonds is 8. The molecule has 0 saturated heterocycles. The summed E-state index contributed by atoms with van der Waals surface area (Å²) in [7, 11) is 1.63. The van der Waals surface area contributed by atoms with Crippen molar-refractivity contribution in [3.05, 3.63) is 77.3 Å². The molecule has 0 spiro atoms. The number of thioether (sulfide) groups is 1. The summed E-state index contributed by atoms with van der Waals surface area (Å²) < 4.78 is 12.9. The number of amides is 1. The molecule has 0 radical (unpaired) electrons. The predicted octanol–water partition coefficient (Wildman–Crippen LogP) is 4.91. The van der Waals surface area contributed by atoms with Gasteiger partial charge in [0.25, 0.3) is 0 Å². The van der Waals surface area contributed by atoms with E-state index in [1.807, 2.05) is 72.2 Å². The van der Waals surface area contributed by atoms with Crippen LogP contribution in [0.2, 0.25) is 5.02 Å². The number of furan rings is 1. The summed E-state index contributed by atoms with van der Waals surface area (Å²) in [5.74, 6) is 2.99. The molecule has 2 aromatic carbocycles. The van der Waals surface area contributed by atoms with E-state index < -0.39 is 0 Å². The molecular weight excluding hydrogens is 448 g/mol. The van der Waals surface area contributed by atoms with E-state index in [-0.39, 0.29) is 11.7 Å². The molecule has 0 atom stereocenters. The Balaban J connectivity index is 1.33. The van der Waals surface area contributed by atoms with E-state index in [0.717, 1.165) is 28.6 Å². The van der Waals surface area contributed by atoms with Crippen LogP contribution in [0.4, 0.5) is 0 Å². The maximum Gasteiger partial charge on any atom is 0.230 e. The number of nitrogens with zero attached hydrogens (tertiary/aromatic N) is 3. The van der Waals surface area contributed by atoms with Gasteiger partial charge >= 0.3 is 0 Å². The second kappa shape index (κ2) is 9.93. The summed E-state index contributed by atoms with van der Waals surface area (Å²) in [6, 6.07) is 18.7. The Bertz CT molecular complexity index is 1200. The second-order valence-corrected chi connectivity index (χ2v) is 8.28. The smallest absolute Gasteiger partial charge is 0.230 e. The number of hydrogen-bond acceptors (Lipinski definition) is 6. The molecular formula is C23H21ClN4O3S. The molecule has 0 fully saturated rings. The van der Waals surface area contributed by atoms with Crippen LogP contribution in [0, 0.1) is 6.92 Å². The van der Waals surface area contributed by atoms with E-state index in [9.17, 15) is 4.79 Å². The number of halogens is 1. The van der Waals surface area contributed by atoms with Crippen molar-refractivity contribution in [2.75, 3.05) is 12.9 Å². The van der Waals surface area contributed by atoms with Gasteiger partial charge in [-0.1, -0.05) is 23.4 Å². The molecule has 0 aliphatic heterocycles. The van der Waals surface area contributed by atoms with Crippen LogP contribution >= 0.6 is 23.4 Å². The van der Waals surface area contributed by atoms with Crippen LogP contribution in [0.5, 0.6) is 5.75 Å². The van der Waals surface area contributed by atoms with Crippen molar-refractivity contribution in [3.8, 4) is 22.8 Å². The fourth-order valence-corrected chi connectivity index (χ4v) is 4.03. The summed E-state index contributed by atoms with van der Waals surface area (Å²) in [5.41, 5.74) is 1.83. The van der Waals surface area contributed by atoms with Crippen molar-refractivity contribution in [1.29, 1.82) is 0 Å². The third-order valence-corrected chi connectivity index (χ3v) is 5.89. The number of benzene rings is 2. The first-order chi connectivity index (χ1) is 15.5. The lowest BCUT2D eigenvalue weighted by Gasteiger charge is -2.09. The standard InChI is InChI=1S/C23H21ClN4O3S/c1-15-26-27-23(28(15)18-7-9-19(30-2)10-8-18)32-14-22(29)25-13-20-11-12-21(31-20)16-3-5-17(24)6-4-16/h3-12H,13-14H2,1-2H3,(H,25,29). The van der Waals surface area contributed by atoms with Gasteiger partial charge in [0, 0.05) is 16.3 Å². The lowest BCUT2D eigenvalue weighted by Crippen LogP contribution is -2.24. The number of carbonyl (C=O) groups is 1. The van der Waals surface area contributed by atoms with Gasteiger partial charge in [0.2, 0.25) is 5.91 Å². The van der Waals surface area contributed by atoms with Gasteiger partial charge < -0.3 is 14.5 Å². The molecule has 1 N–H and O–H groups in total. The molecule has 2 heterocycles. The summed E-state index contributed by atoms with van der Waals surface area (Å²) in [5, 5.41) is 12.5. The molecule has 4 rings (SSSR count). The zero-order valence-electron chi connectivity index (χ0n) is 17.5. The number of aryl methyl sites for hydroxylation is 1. The van der Waals surface area contributed by atoms with Crippen LogP contribution in [-0.4, -0.2) is 33.5 Å². The van der Waals surface area contributed by atoms with Gasteiger partial charge in [0.05, 0.1) is 19.4 Å². The highest BCUT2D eigenvalue weighted by atomic mass is 35.5. The van der Waals surface area contributed by atoms with E-state index in [4.69, 9.17) is 20.8 Å². The van der Waals surface area contributed by atoms with Crippen molar-refractivity contribution in [2.24, 2.45) is 0 Å². The van der Waals surface area contributed by atoms with Crippen molar-refractivity contribution in [3.63, 3.8) is 0 Å². The topological polar surface area (TPSA) is 82.2 Å². The third-order valence-electron chi connectivity index (χ3n) is 4.71. The lowest BCUT2D eigenvalue weighted by atomic mass is 10.2. The molecule has 0 bridgehead atoms. The van der Waals surface area contributed by atoms with Crippen LogP contribution in [0.3, 0.4) is 0 Å². The number of aromatic nitrogens is 3. The van der Waals surface area contributed by atoms with Gasteiger partial charge in [0.1, 0.15) is 23.1 Å². The fraction of sp³-hybridized carbons (Fsp3) is 0.174. The van der Waals surface area contributed by atoms with E-state index >= 15 is 0 Å². The zero-order valence-corrected chi connectivity index (χ0v) is 19.1. The van der Waals surface area contributed by atoms with Gasteiger partial charge in [-0.15, -0.1) is 10.2 Å². The first kappa shape index (κ1) is 22.0. The highest BCUT2D eigenvalue weighted by molar-refractivity contribution is 7.99. The molecule has 0 aliphatic carbocycles. The molecule has 164 valence electrons. The third kappa shape index (κ3) is 5.15. The average molecular weight is 469 g/mol. The van der Waals surface area contributed by atoms with Gasteiger partial charge in [-0.25, -0.2) is 0 Å². The number of hydrogen-bond donors (Lipinski definition) is 1. The Labute approximate surface area is 194 Å². The minimum Gasteiger partial charge on any atom is -0.497 e. The Morgan fingerprint density at radius 3 is 2.56 bits per heavy atom. The molecule has 4 aromatic rings. The number of methoxy groups -OCH3 is 1. The maximum absolute atomic E-state index is 12.4. The van der Waals surface area contributed by atoms with Gasteiger partial charge in [0.15, 0.2) is 5.16 Å². The summed E-state index contributed by atoms with van der Waals surface area (Å²) in [6.07, 6.45) is 0. The van der Waals surface area contributed by atoms with Gasteiger partial charge in [-0.05, 0) is 67.6 Å². The summed E-state index contributed by atoms with van der Waals surface area (Å²) in [4.78, 5) is 12.4. The molecule has 9 heteroatoms. The van der Waals surface area contributed by atoms with E-state index in [0.29, 0.717) is 22.5 Å². The van der Waals surface area contributed by atoms with Crippen molar-refractivity contribution >= 4 is 29.3 Å². The van der Waals surface area contributed by atoms with Crippen LogP contribution in [-0.2, 0) is 11.3 Å². The van der Waals surface area contributed by atoms with Crippen LogP contribution in [0.1, 0.15) is 11.6 Å². The molecule has 32 heavy (non-hydrogen) atoms. The molecule has 0 unspecified atom stereocenters. The molecule has 0 saturated carbocycles. The first-order valence-electron chi connectivity index (χ1n) is 9.84. The average Bonchev–Trinajstić information content (AvgIpc) is 3.43. The maximum atomic E-state index is 12.4. The number of ether oxygens (including phenoxy) is 1. The van der Waals surface area contributed by atoms with Gasteiger partial charge in [-0.3, -0.25) is 9.36 Å². The Morgan fingerprint density at radius 2 is 1.84 bits per heavy atom. The van der Waals surface area contributed by atoms with Crippen LogP contribution in [0.15, 0.2) is 70.2 Å². The second-order valence-electron chi connectivity index (χ2n) is 6.90. The highest BCUT2D eigenvalue weighted by Crippen LogP contribution is 2.25. The zero-order chi connectivity index (χ0) is 22.5. The highest BCUT2D eigenvalue weighted by Gasteiger charge is 2.14. The first-order valence-corrected chi connectivity index (χ1v) is 11.2. The van der Waals surface area contributed by atoms with E-state index in [2.05, 4.69) is 15.5 Å². The Morgan fingerprint density at radius 1 is 1.09 bits per heavy atom. The van der Waals surface area contributed by atoms with Crippen molar-refractivity contribution in [1.82, 2.24) is 20.1 Å². The quantitative estimate of drug-likeness (QED) is 0.370. The monoisotopic (exact) mass is 468 g/mol. The van der Waals surface area contributed by atoms with Crippen molar-refractivity contribution < 1.29 is 13.9 Å². The minimum atomic E-state index is -0.124. The number of carbonyl (C=O) groups excluding carboxylic acids is 1. The van der Waals surface area contributed by atoms with Crippen molar-refractivity contribution in [2.45, 2.75) is 18.6 Å². The lowest BCUT2D eigenvalue weighted by molar-refractivity contribution is -0.118. The Kier molecular flexibility index (Phi) is 6.82.